The van der Waals surface area contributed by atoms with Crippen molar-refractivity contribution in [1.29, 1.82) is 0 Å². The maximum Gasteiger partial charge on any atom is 0.260 e. The summed E-state index contributed by atoms with van der Waals surface area (Å²) in [5.41, 5.74) is 8.46. The smallest absolute Gasteiger partial charge is 0.260 e. The van der Waals surface area contributed by atoms with E-state index in [1.807, 2.05) is 32.0 Å². The lowest BCUT2D eigenvalue weighted by Gasteiger charge is -2.17. The predicted octanol–water partition coefficient (Wildman–Crippen LogP) is 4.38. The van der Waals surface area contributed by atoms with Crippen LogP contribution in [0.1, 0.15) is 54.1 Å². The van der Waals surface area contributed by atoms with Crippen LogP contribution in [0.2, 0.25) is 0 Å². The van der Waals surface area contributed by atoms with E-state index in [2.05, 4.69) is 15.3 Å². The Labute approximate surface area is 196 Å². The minimum atomic E-state index is -0.722. The Bertz CT molecular complexity index is 1340. The summed E-state index contributed by atoms with van der Waals surface area (Å²) < 4.78 is 20.2. The quantitative estimate of drug-likeness (QED) is 0.564. The van der Waals surface area contributed by atoms with Gasteiger partial charge in [0.25, 0.3) is 5.88 Å². The van der Waals surface area contributed by atoms with E-state index in [1.54, 1.807) is 30.1 Å². The molecule has 1 aromatic heterocycles. The number of fused-ring (bicyclic) bond motifs is 1. The number of aromatic nitrogens is 2. The molecule has 0 radical (unpaired) electrons. The van der Waals surface area contributed by atoms with Crippen LogP contribution >= 0.6 is 0 Å². The molecule has 3 N–H and O–H groups in total. The van der Waals surface area contributed by atoms with Gasteiger partial charge in [-0.15, -0.1) is 0 Å². The summed E-state index contributed by atoms with van der Waals surface area (Å²) in [6.07, 6.45) is 2.97. The highest BCUT2D eigenvalue weighted by Crippen LogP contribution is 2.44. The second kappa shape index (κ2) is 7.79. The van der Waals surface area contributed by atoms with E-state index in [-0.39, 0.29) is 23.7 Å². The lowest BCUT2D eigenvalue weighted by atomic mass is 9.86. The van der Waals surface area contributed by atoms with E-state index >= 15 is 0 Å². The zero-order chi connectivity index (χ0) is 24.2. The Morgan fingerprint density at radius 3 is 2.71 bits per heavy atom. The number of hydrogen-bond acceptors (Lipinski definition) is 6. The number of anilines is 3. The van der Waals surface area contributed by atoms with Gasteiger partial charge in [0, 0.05) is 24.0 Å². The van der Waals surface area contributed by atoms with Crippen LogP contribution in [0.25, 0.3) is 0 Å². The molecule has 174 valence electrons. The maximum absolute atomic E-state index is 14.4. The fourth-order valence-corrected chi connectivity index (χ4v) is 4.34. The first-order chi connectivity index (χ1) is 16.1. The van der Waals surface area contributed by atoms with Gasteiger partial charge in [0.2, 0.25) is 23.6 Å². The van der Waals surface area contributed by atoms with E-state index in [4.69, 9.17) is 10.5 Å². The Morgan fingerprint density at radius 2 is 2.00 bits per heavy atom. The second-order valence-electron chi connectivity index (χ2n) is 9.18. The van der Waals surface area contributed by atoms with Crippen molar-refractivity contribution >= 4 is 29.1 Å². The van der Waals surface area contributed by atoms with Gasteiger partial charge < -0.3 is 20.7 Å². The lowest BCUT2D eigenvalue weighted by Crippen LogP contribution is -2.33. The molecule has 5 rings (SSSR count). The number of rotatable bonds is 6. The van der Waals surface area contributed by atoms with Crippen molar-refractivity contribution in [1.82, 2.24) is 9.97 Å². The lowest BCUT2D eigenvalue weighted by molar-refractivity contribution is -0.121. The molecular formula is C25H24FN5O3. The summed E-state index contributed by atoms with van der Waals surface area (Å²) in [5, 5.41) is 3.06. The van der Waals surface area contributed by atoms with Gasteiger partial charge >= 0.3 is 0 Å². The minimum Gasteiger partial charge on any atom is -0.436 e. The van der Waals surface area contributed by atoms with E-state index in [0.717, 1.165) is 35.9 Å². The van der Waals surface area contributed by atoms with Crippen molar-refractivity contribution < 1.29 is 18.7 Å². The monoisotopic (exact) mass is 461 g/mol. The molecule has 0 atom stereocenters. The third-order valence-electron chi connectivity index (χ3n) is 6.36. The van der Waals surface area contributed by atoms with E-state index in [9.17, 15) is 14.0 Å². The molecule has 3 aromatic rings. The molecule has 1 saturated carbocycles. The minimum absolute atomic E-state index is 0.0151. The number of halogens is 1. The van der Waals surface area contributed by atoms with E-state index in [0.29, 0.717) is 17.0 Å². The predicted molar refractivity (Wildman–Crippen MR) is 125 cm³/mol. The number of carbonyl (C=O) groups excluding carboxylic acids is 2. The number of ether oxygens (including phenoxy) is 1. The van der Waals surface area contributed by atoms with Gasteiger partial charge in [-0.25, -0.2) is 4.98 Å². The maximum atomic E-state index is 14.4. The van der Waals surface area contributed by atoms with Gasteiger partial charge in [0.1, 0.15) is 5.75 Å². The van der Waals surface area contributed by atoms with Crippen LogP contribution in [0.3, 0.4) is 0 Å². The van der Waals surface area contributed by atoms with Gasteiger partial charge in [-0.2, -0.15) is 9.37 Å². The summed E-state index contributed by atoms with van der Waals surface area (Å²) in [6, 6.07) is 10.4. The van der Waals surface area contributed by atoms with Crippen molar-refractivity contribution in [2.45, 2.75) is 38.0 Å². The van der Waals surface area contributed by atoms with Crippen LogP contribution in [0.5, 0.6) is 11.6 Å². The molecule has 2 aliphatic rings. The standard InChI is InChI=1S/C25H24FN5O3/c1-25(2)18-10-14(6-9-20(18)31(3)23(25)33)29-24-28-12-19(26)22(30-24)34-15-7-8-16(21(27)32)17(11-15)13-4-5-13/h6-13H,4-5H2,1-3H3,(H2,27,32)(H,28,29,30). The van der Waals surface area contributed by atoms with Crippen LogP contribution in [0, 0.1) is 5.82 Å². The van der Waals surface area contributed by atoms with Gasteiger partial charge in [0.05, 0.1) is 11.6 Å². The first-order valence-electron chi connectivity index (χ1n) is 11.0. The van der Waals surface area contributed by atoms with Gasteiger partial charge in [-0.3, -0.25) is 9.59 Å². The Morgan fingerprint density at radius 1 is 1.24 bits per heavy atom. The number of primary amides is 1. The molecule has 0 saturated heterocycles. The molecule has 8 nitrogen and oxygen atoms in total. The Kier molecular flexibility index (Phi) is 5.00. The number of hydrogen-bond donors (Lipinski definition) is 2. The van der Waals surface area contributed by atoms with Crippen molar-refractivity contribution in [2.24, 2.45) is 5.73 Å². The topological polar surface area (TPSA) is 110 Å². The summed E-state index contributed by atoms with van der Waals surface area (Å²) in [7, 11) is 1.75. The zero-order valence-corrected chi connectivity index (χ0v) is 19.1. The molecule has 2 aromatic carbocycles. The highest BCUT2D eigenvalue weighted by Gasteiger charge is 2.42. The Balaban J connectivity index is 1.41. The van der Waals surface area contributed by atoms with Crippen molar-refractivity contribution in [3.8, 4) is 11.6 Å². The molecule has 2 heterocycles. The number of nitrogens with zero attached hydrogens (tertiary/aromatic N) is 3. The number of benzene rings is 2. The van der Waals surface area contributed by atoms with Gasteiger partial charge in [0.15, 0.2) is 0 Å². The van der Waals surface area contributed by atoms with Crippen molar-refractivity contribution in [2.75, 3.05) is 17.3 Å². The number of amides is 2. The molecule has 9 heteroatoms. The Hall–Kier alpha value is -4.01. The van der Waals surface area contributed by atoms with Crippen LogP contribution in [0.4, 0.5) is 21.7 Å². The van der Waals surface area contributed by atoms with Crippen LogP contribution in [-0.2, 0) is 10.2 Å². The van der Waals surface area contributed by atoms with Crippen LogP contribution in [-0.4, -0.2) is 28.8 Å². The highest BCUT2D eigenvalue weighted by atomic mass is 19.1. The summed E-state index contributed by atoms with van der Waals surface area (Å²) in [4.78, 5) is 34.1. The first kappa shape index (κ1) is 21.8. The largest absolute Gasteiger partial charge is 0.436 e. The molecule has 0 unspecified atom stereocenters. The number of likely N-dealkylation sites (N-methyl/N-ethyl adjacent to an activating group) is 1. The average Bonchev–Trinajstić information content (AvgIpc) is 3.63. The van der Waals surface area contributed by atoms with E-state index in [1.165, 1.54) is 0 Å². The third-order valence-corrected chi connectivity index (χ3v) is 6.36. The highest BCUT2D eigenvalue weighted by molar-refractivity contribution is 6.07. The zero-order valence-electron chi connectivity index (χ0n) is 19.1. The van der Waals surface area contributed by atoms with Crippen LogP contribution < -0.4 is 20.7 Å². The number of nitrogens with one attached hydrogen (secondary N) is 1. The number of carbonyl (C=O) groups is 2. The van der Waals surface area contributed by atoms with Crippen LogP contribution in [0.15, 0.2) is 42.6 Å². The molecular weight excluding hydrogens is 437 g/mol. The summed E-state index contributed by atoms with van der Waals surface area (Å²) in [6.45, 7) is 3.75. The SMILES string of the molecule is CN1C(=O)C(C)(C)c2cc(Nc3ncc(F)c(Oc4ccc(C(N)=O)c(C5CC5)c4)n3)ccc21. The molecule has 1 aliphatic carbocycles. The fraction of sp³-hybridized carbons (Fsp3) is 0.280. The fourth-order valence-electron chi connectivity index (χ4n) is 4.34. The first-order valence-corrected chi connectivity index (χ1v) is 11.0. The van der Waals surface area contributed by atoms with Crippen molar-refractivity contribution in [3.05, 3.63) is 65.1 Å². The molecule has 34 heavy (non-hydrogen) atoms. The van der Waals surface area contributed by atoms with Gasteiger partial charge in [-0.05, 0) is 80.1 Å². The third kappa shape index (κ3) is 3.72. The molecule has 0 spiro atoms. The summed E-state index contributed by atoms with van der Waals surface area (Å²) in [5.74, 6) is -0.699. The number of nitrogens with two attached hydrogens (primary N) is 1. The normalized spacial score (nSPS) is 16.4. The van der Waals surface area contributed by atoms with Crippen molar-refractivity contribution in [3.63, 3.8) is 0 Å². The molecule has 0 bridgehead atoms. The molecule has 1 fully saturated rings. The molecule has 2 amide bonds. The van der Waals surface area contributed by atoms with E-state index < -0.39 is 17.1 Å². The average molecular weight is 461 g/mol. The van der Waals surface area contributed by atoms with Gasteiger partial charge in [-0.1, -0.05) is 0 Å². The molecule has 1 aliphatic heterocycles. The second-order valence-corrected chi connectivity index (χ2v) is 9.18. The summed E-state index contributed by atoms with van der Waals surface area (Å²) >= 11 is 0.